The van der Waals surface area contributed by atoms with E-state index in [4.69, 9.17) is 0 Å². The fourth-order valence-corrected chi connectivity index (χ4v) is 4.99. The average molecular weight is 433 g/mol. The highest BCUT2D eigenvalue weighted by atomic mass is 32.2. The Morgan fingerprint density at radius 3 is 2.27 bits per heavy atom. The van der Waals surface area contributed by atoms with Gasteiger partial charge in [0.1, 0.15) is 5.82 Å². The molecule has 2 N–H and O–H groups in total. The highest BCUT2D eigenvalue weighted by Gasteiger charge is 2.25. The summed E-state index contributed by atoms with van der Waals surface area (Å²) >= 11 is 0. The highest BCUT2D eigenvalue weighted by molar-refractivity contribution is 7.89. The van der Waals surface area contributed by atoms with Gasteiger partial charge in [0.15, 0.2) is 0 Å². The summed E-state index contributed by atoms with van der Waals surface area (Å²) in [6.07, 6.45) is 3.50. The lowest BCUT2D eigenvalue weighted by atomic mass is 9.88. The number of sulfonamides is 1. The Morgan fingerprint density at radius 1 is 1.03 bits per heavy atom. The molecule has 0 aromatic heterocycles. The second kappa shape index (κ2) is 9.27. The molecule has 0 radical (unpaired) electrons. The fraction of sp³-hybridized carbons (Fsp3) is 0.435. The van der Waals surface area contributed by atoms with Gasteiger partial charge in [0, 0.05) is 11.7 Å². The van der Waals surface area contributed by atoms with Gasteiger partial charge < -0.3 is 5.32 Å². The minimum Gasteiger partial charge on any atom is -0.322 e. The van der Waals surface area contributed by atoms with Gasteiger partial charge in [-0.15, -0.1) is 0 Å². The molecular formula is C23H29FN2O3S. The van der Waals surface area contributed by atoms with Gasteiger partial charge in [-0.3, -0.25) is 4.79 Å². The Hall–Kier alpha value is -2.25. The fourth-order valence-electron chi connectivity index (χ4n) is 3.66. The molecule has 0 aliphatic heterocycles. The van der Waals surface area contributed by atoms with Crippen LogP contribution in [0.1, 0.15) is 68.3 Å². The van der Waals surface area contributed by atoms with E-state index in [1.165, 1.54) is 6.07 Å². The number of hydrogen-bond acceptors (Lipinski definition) is 3. The van der Waals surface area contributed by atoms with Crippen molar-refractivity contribution in [3.8, 4) is 0 Å². The maximum atomic E-state index is 14.3. The van der Waals surface area contributed by atoms with E-state index in [1.807, 2.05) is 12.1 Å². The molecule has 7 heteroatoms. The molecule has 0 unspecified atom stereocenters. The van der Waals surface area contributed by atoms with Crippen LogP contribution in [0.15, 0.2) is 47.4 Å². The average Bonchev–Trinajstić information content (AvgIpc) is 2.70. The van der Waals surface area contributed by atoms with E-state index in [9.17, 15) is 17.6 Å². The smallest absolute Gasteiger partial charge is 0.258 e. The molecule has 0 spiro atoms. The molecule has 2 aromatic carbocycles. The van der Waals surface area contributed by atoms with Crippen molar-refractivity contribution in [3.63, 3.8) is 0 Å². The van der Waals surface area contributed by atoms with Crippen LogP contribution in [0.4, 0.5) is 10.1 Å². The maximum Gasteiger partial charge on any atom is 0.258 e. The van der Waals surface area contributed by atoms with E-state index < -0.39 is 21.7 Å². The van der Waals surface area contributed by atoms with Crippen LogP contribution in [0.3, 0.4) is 0 Å². The van der Waals surface area contributed by atoms with Gasteiger partial charge >= 0.3 is 0 Å². The number of carbonyl (C=O) groups excluding carboxylic acids is 1. The van der Waals surface area contributed by atoms with Crippen molar-refractivity contribution >= 4 is 21.6 Å². The van der Waals surface area contributed by atoms with Crippen LogP contribution in [-0.4, -0.2) is 20.4 Å². The largest absolute Gasteiger partial charge is 0.322 e. The number of carbonyl (C=O) groups is 1. The molecule has 1 amide bonds. The number of amides is 1. The summed E-state index contributed by atoms with van der Waals surface area (Å²) in [6.45, 7) is 6.29. The summed E-state index contributed by atoms with van der Waals surface area (Å²) in [6, 6.07) is 10.5. The van der Waals surface area contributed by atoms with Crippen LogP contribution in [0, 0.1) is 11.7 Å². The topological polar surface area (TPSA) is 75.3 Å². The Morgan fingerprint density at radius 2 is 1.67 bits per heavy atom. The highest BCUT2D eigenvalue weighted by Crippen LogP contribution is 2.25. The van der Waals surface area contributed by atoms with Crippen molar-refractivity contribution in [1.29, 1.82) is 0 Å². The molecule has 0 heterocycles. The van der Waals surface area contributed by atoms with E-state index in [1.54, 1.807) is 12.1 Å². The van der Waals surface area contributed by atoms with Gasteiger partial charge in [-0.2, -0.15) is 0 Å². The molecule has 1 saturated carbocycles. The number of hydrogen-bond donors (Lipinski definition) is 2. The van der Waals surface area contributed by atoms with Gasteiger partial charge in [0.25, 0.3) is 5.91 Å². The van der Waals surface area contributed by atoms with Crippen LogP contribution in [-0.2, 0) is 10.0 Å². The minimum absolute atomic E-state index is 0.108. The summed E-state index contributed by atoms with van der Waals surface area (Å²) in [5.74, 6) is -0.500. The summed E-state index contributed by atoms with van der Waals surface area (Å²) < 4.78 is 42.5. The Balaban J connectivity index is 1.76. The molecule has 1 aliphatic rings. The summed E-state index contributed by atoms with van der Waals surface area (Å²) in [7, 11) is -3.83. The Kier molecular flexibility index (Phi) is 6.93. The molecule has 2 aromatic rings. The number of benzene rings is 2. The predicted molar refractivity (Wildman–Crippen MR) is 117 cm³/mol. The van der Waals surface area contributed by atoms with Crippen LogP contribution >= 0.6 is 0 Å². The minimum atomic E-state index is -3.83. The van der Waals surface area contributed by atoms with Gasteiger partial charge in [-0.05, 0) is 73.4 Å². The quantitative estimate of drug-likeness (QED) is 0.670. The zero-order chi connectivity index (χ0) is 21.9. The lowest BCUT2D eigenvalue weighted by molar-refractivity contribution is 0.102. The third-order valence-electron chi connectivity index (χ3n) is 5.67. The van der Waals surface area contributed by atoms with Gasteiger partial charge in [0.05, 0.1) is 10.5 Å². The normalized spacial score (nSPS) is 19.6. The Labute approximate surface area is 178 Å². The van der Waals surface area contributed by atoms with Crippen LogP contribution in [0.25, 0.3) is 0 Å². The summed E-state index contributed by atoms with van der Waals surface area (Å²) in [4.78, 5) is 12.5. The molecular weight excluding hydrogens is 403 g/mol. The van der Waals surface area contributed by atoms with E-state index in [2.05, 4.69) is 30.8 Å². The summed E-state index contributed by atoms with van der Waals surface area (Å²) in [5, 5.41) is 2.64. The molecule has 30 heavy (non-hydrogen) atoms. The van der Waals surface area contributed by atoms with Crippen LogP contribution in [0.2, 0.25) is 0 Å². The molecule has 1 aliphatic carbocycles. The molecule has 0 saturated heterocycles. The first kappa shape index (κ1) is 22.4. The van der Waals surface area contributed by atoms with Crippen LogP contribution < -0.4 is 10.0 Å². The van der Waals surface area contributed by atoms with E-state index in [-0.39, 0.29) is 16.5 Å². The van der Waals surface area contributed by atoms with Crippen molar-refractivity contribution in [2.24, 2.45) is 5.92 Å². The first-order chi connectivity index (χ1) is 14.2. The number of rotatable bonds is 6. The predicted octanol–water partition coefficient (Wildman–Crippen LogP) is 5.06. The Bertz CT molecular complexity index is 996. The molecule has 0 bridgehead atoms. The molecule has 162 valence electrons. The van der Waals surface area contributed by atoms with Crippen molar-refractivity contribution in [3.05, 3.63) is 59.4 Å². The first-order valence-electron chi connectivity index (χ1n) is 10.4. The second-order valence-corrected chi connectivity index (χ2v) is 10.2. The van der Waals surface area contributed by atoms with Crippen molar-refractivity contribution in [2.75, 3.05) is 5.32 Å². The van der Waals surface area contributed by atoms with Crippen LogP contribution in [0.5, 0.6) is 0 Å². The van der Waals surface area contributed by atoms with E-state index in [0.29, 0.717) is 17.5 Å². The summed E-state index contributed by atoms with van der Waals surface area (Å²) in [5.41, 5.74) is 1.34. The maximum absolute atomic E-state index is 14.3. The number of nitrogens with one attached hydrogen (secondary N) is 2. The zero-order valence-electron chi connectivity index (χ0n) is 17.6. The van der Waals surface area contributed by atoms with E-state index >= 15 is 0 Å². The first-order valence-corrected chi connectivity index (χ1v) is 11.9. The van der Waals surface area contributed by atoms with Crippen molar-refractivity contribution in [1.82, 2.24) is 4.72 Å². The number of halogens is 1. The SMILES string of the molecule is CC1CCC(NS(=O)(=O)c2ccc(F)c(C(=O)Nc3ccc(C(C)C)cc3)c2)CC1. The molecule has 5 nitrogen and oxygen atoms in total. The molecule has 3 rings (SSSR count). The van der Waals surface area contributed by atoms with Gasteiger partial charge in [0.2, 0.25) is 10.0 Å². The van der Waals surface area contributed by atoms with Crippen molar-refractivity contribution in [2.45, 2.75) is 63.3 Å². The van der Waals surface area contributed by atoms with Gasteiger partial charge in [-0.1, -0.05) is 32.9 Å². The third-order valence-corrected chi connectivity index (χ3v) is 7.18. The molecule has 1 fully saturated rings. The van der Waals surface area contributed by atoms with E-state index in [0.717, 1.165) is 43.4 Å². The standard InChI is InChI=1S/C23H29FN2O3S/c1-15(2)17-6-10-18(11-7-17)25-23(27)21-14-20(12-13-22(21)24)30(28,29)26-19-8-4-16(3)5-9-19/h6-7,10-16,19,26H,4-5,8-9H2,1-3H3,(H,25,27). The third kappa shape index (κ3) is 5.46. The lowest BCUT2D eigenvalue weighted by Gasteiger charge is -2.26. The number of anilines is 1. The lowest BCUT2D eigenvalue weighted by Crippen LogP contribution is -2.37. The monoisotopic (exact) mass is 432 g/mol. The molecule has 0 atom stereocenters. The second-order valence-electron chi connectivity index (χ2n) is 8.45. The zero-order valence-corrected chi connectivity index (χ0v) is 18.4. The van der Waals surface area contributed by atoms with Crippen molar-refractivity contribution < 1.29 is 17.6 Å². The van der Waals surface area contributed by atoms with Gasteiger partial charge in [-0.25, -0.2) is 17.5 Å².